The van der Waals surface area contributed by atoms with E-state index in [9.17, 15) is 9.00 Å². The molecule has 1 aromatic rings. The van der Waals surface area contributed by atoms with Crippen molar-refractivity contribution in [2.75, 3.05) is 30.4 Å². The fourth-order valence-corrected chi connectivity index (χ4v) is 1.63. The number of hydrogen-bond acceptors (Lipinski definition) is 4. The van der Waals surface area contributed by atoms with Crippen LogP contribution in [0.3, 0.4) is 0 Å². The third-order valence-electron chi connectivity index (χ3n) is 2.05. The minimum atomic E-state index is -0.890. The first kappa shape index (κ1) is 13.6. The number of carbonyl (C=O) groups is 1. The lowest BCUT2D eigenvalue weighted by molar-refractivity contribution is 0.0951. The van der Waals surface area contributed by atoms with Gasteiger partial charge in [-0.15, -0.1) is 0 Å². The maximum atomic E-state index is 11.6. The third-order valence-corrected chi connectivity index (χ3v) is 2.83. The van der Waals surface area contributed by atoms with E-state index in [4.69, 9.17) is 0 Å². The number of carbonyl (C=O) groups excluding carboxylic acids is 1. The second-order valence-corrected chi connectivity index (χ2v) is 5.05. The van der Waals surface area contributed by atoms with Crippen LogP contribution in [0.4, 0.5) is 5.69 Å². The molecule has 2 N–H and O–H groups in total. The van der Waals surface area contributed by atoms with Gasteiger partial charge >= 0.3 is 0 Å². The molecule has 17 heavy (non-hydrogen) atoms. The maximum absolute atomic E-state index is 11.6. The monoisotopic (exact) mass is 255 g/mol. The van der Waals surface area contributed by atoms with Gasteiger partial charge in [0, 0.05) is 35.9 Å². The summed E-state index contributed by atoms with van der Waals surface area (Å²) in [5.74, 6) is 0.222. The van der Waals surface area contributed by atoms with Gasteiger partial charge < -0.3 is 10.6 Å². The van der Waals surface area contributed by atoms with Crippen molar-refractivity contribution in [3.05, 3.63) is 24.0 Å². The van der Waals surface area contributed by atoms with Crippen molar-refractivity contribution >= 4 is 22.4 Å². The molecule has 0 aliphatic carbocycles. The van der Waals surface area contributed by atoms with E-state index in [1.165, 1.54) is 0 Å². The van der Waals surface area contributed by atoms with Crippen LogP contribution in [0.2, 0.25) is 0 Å². The van der Waals surface area contributed by atoms with Crippen LogP contribution < -0.4 is 10.6 Å². The second-order valence-electron chi connectivity index (χ2n) is 3.50. The van der Waals surface area contributed by atoms with Gasteiger partial charge in [-0.2, -0.15) is 0 Å². The van der Waals surface area contributed by atoms with Crippen LogP contribution in [0, 0.1) is 0 Å². The summed E-state index contributed by atoms with van der Waals surface area (Å²) in [5.41, 5.74) is 1.26. The van der Waals surface area contributed by atoms with E-state index in [0.717, 1.165) is 12.2 Å². The summed E-state index contributed by atoms with van der Waals surface area (Å²) in [5, 5.41) is 5.76. The number of pyridine rings is 1. The SMILES string of the molecule is CCNc1ccc(C(=O)NCCS(C)=O)nc1. The fourth-order valence-electron chi connectivity index (χ4n) is 1.24. The van der Waals surface area contributed by atoms with E-state index in [2.05, 4.69) is 15.6 Å². The molecule has 0 fully saturated rings. The van der Waals surface area contributed by atoms with Crippen LogP contribution in [0.15, 0.2) is 18.3 Å². The number of amides is 1. The zero-order valence-electron chi connectivity index (χ0n) is 10.0. The molecular weight excluding hydrogens is 238 g/mol. The molecule has 0 aliphatic heterocycles. The predicted molar refractivity (Wildman–Crippen MR) is 69.7 cm³/mol. The largest absolute Gasteiger partial charge is 0.384 e. The van der Waals surface area contributed by atoms with Gasteiger partial charge in [-0.3, -0.25) is 9.00 Å². The van der Waals surface area contributed by atoms with Crippen molar-refractivity contribution in [2.45, 2.75) is 6.92 Å². The van der Waals surface area contributed by atoms with Gasteiger partial charge in [0.05, 0.1) is 11.9 Å². The first-order valence-corrected chi connectivity index (χ1v) is 7.14. The summed E-state index contributed by atoms with van der Waals surface area (Å²) in [6.45, 7) is 3.21. The average Bonchev–Trinajstić information content (AvgIpc) is 2.30. The topological polar surface area (TPSA) is 71.1 Å². The van der Waals surface area contributed by atoms with Gasteiger partial charge in [0.25, 0.3) is 5.91 Å². The molecule has 0 saturated carbocycles. The summed E-state index contributed by atoms with van der Waals surface area (Å²) < 4.78 is 10.8. The smallest absolute Gasteiger partial charge is 0.269 e. The average molecular weight is 255 g/mol. The van der Waals surface area contributed by atoms with E-state index in [1.807, 2.05) is 13.0 Å². The minimum absolute atomic E-state index is 0.238. The lowest BCUT2D eigenvalue weighted by atomic mass is 10.3. The molecule has 5 nitrogen and oxygen atoms in total. The molecule has 1 atom stereocenters. The number of rotatable bonds is 6. The normalized spacial score (nSPS) is 11.9. The Morgan fingerprint density at radius 3 is 2.76 bits per heavy atom. The summed E-state index contributed by atoms with van der Waals surface area (Å²) >= 11 is 0. The molecule has 0 saturated heterocycles. The molecule has 0 aromatic carbocycles. The lowest BCUT2D eigenvalue weighted by Gasteiger charge is -2.05. The van der Waals surface area contributed by atoms with Crippen LogP contribution in [0.25, 0.3) is 0 Å². The molecule has 1 rings (SSSR count). The maximum Gasteiger partial charge on any atom is 0.269 e. The van der Waals surface area contributed by atoms with Crippen molar-refractivity contribution in [1.29, 1.82) is 0 Å². The first-order chi connectivity index (χ1) is 8.13. The number of nitrogens with zero attached hydrogens (tertiary/aromatic N) is 1. The quantitative estimate of drug-likeness (QED) is 0.782. The molecule has 0 radical (unpaired) electrons. The molecule has 1 aromatic heterocycles. The number of aromatic nitrogens is 1. The van der Waals surface area contributed by atoms with Crippen LogP contribution >= 0.6 is 0 Å². The number of hydrogen-bond donors (Lipinski definition) is 2. The zero-order chi connectivity index (χ0) is 12.7. The van der Waals surface area contributed by atoms with E-state index >= 15 is 0 Å². The molecular formula is C11H17N3O2S. The highest BCUT2D eigenvalue weighted by Gasteiger charge is 2.06. The van der Waals surface area contributed by atoms with Crippen molar-refractivity contribution in [3.8, 4) is 0 Å². The summed E-state index contributed by atoms with van der Waals surface area (Å²) in [7, 11) is -0.890. The van der Waals surface area contributed by atoms with Crippen molar-refractivity contribution in [3.63, 3.8) is 0 Å². The Kier molecular flexibility index (Phi) is 5.62. The van der Waals surface area contributed by atoms with Gasteiger partial charge in [-0.25, -0.2) is 4.98 Å². The Balaban J connectivity index is 2.48. The van der Waals surface area contributed by atoms with Crippen molar-refractivity contribution < 1.29 is 9.00 Å². The molecule has 1 heterocycles. The van der Waals surface area contributed by atoms with Crippen LogP contribution in [0.1, 0.15) is 17.4 Å². The van der Waals surface area contributed by atoms with Gasteiger partial charge in [0.15, 0.2) is 0 Å². The summed E-state index contributed by atoms with van der Waals surface area (Å²) in [4.78, 5) is 15.6. The molecule has 94 valence electrons. The summed E-state index contributed by atoms with van der Waals surface area (Å²) in [6, 6.07) is 3.47. The number of anilines is 1. The van der Waals surface area contributed by atoms with E-state index < -0.39 is 10.8 Å². The minimum Gasteiger partial charge on any atom is -0.384 e. The zero-order valence-corrected chi connectivity index (χ0v) is 10.8. The van der Waals surface area contributed by atoms with Crippen LogP contribution in [-0.4, -0.2) is 40.2 Å². The highest BCUT2D eigenvalue weighted by atomic mass is 32.2. The van der Waals surface area contributed by atoms with Gasteiger partial charge in [0.2, 0.25) is 0 Å². The molecule has 6 heteroatoms. The summed E-state index contributed by atoms with van der Waals surface area (Å²) in [6.07, 6.45) is 3.23. The molecule has 0 spiro atoms. The third kappa shape index (κ3) is 4.95. The van der Waals surface area contributed by atoms with E-state index in [0.29, 0.717) is 18.0 Å². The van der Waals surface area contributed by atoms with Gasteiger partial charge in [-0.1, -0.05) is 0 Å². The van der Waals surface area contributed by atoms with E-state index in [-0.39, 0.29) is 5.91 Å². The Hall–Kier alpha value is -1.43. The van der Waals surface area contributed by atoms with E-state index in [1.54, 1.807) is 18.5 Å². The Bertz CT molecular complexity index is 392. The number of nitrogens with one attached hydrogen (secondary N) is 2. The standard InChI is InChI=1S/C11H17N3O2S/c1-3-12-9-4-5-10(14-8-9)11(15)13-6-7-17(2)16/h4-5,8,12H,3,6-7H2,1-2H3,(H,13,15). The Morgan fingerprint density at radius 2 is 2.24 bits per heavy atom. The molecule has 1 unspecified atom stereocenters. The van der Waals surface area contributed by atoms with Crippen LogP contribution in [-0.2, 0) is 10.8 Å². The van der Waals surface area contributed by atoms with Crippen LogP contribution in [0.5, 0.6) is 0 Å². The fraction of sp³-hybridized carbons (Fsp3) is 0.455. The predicted octanol–water partition coefficient (Wildman–Crippen LogP) is 0.622. The first-order valence-electron chi connectivity index (χ1n) is 5.41. The molecule has 0 aliphatic rings. The molecule has 0 bridgehead atoms. The van der Waals surface area contributed by atoms with Crippen molar-refractivity contribution in [2.24, 2.45) is 0 Å². The highest BCUT2D eigenvalue weighted by Crippen LogP contribution is 2.05. The van der Waals surface area contributed by atoms with Gasteiger partial charge in [0.1, 0.15) is 5.69 Å². The van der Waals surface area contributed by atoms with Gasteiger partial charge in [-0.05, 0) is 19.1 Å². The second kappa shape index (κ2) is 7.01. The lowest BCUT2D eigenvalue weighted by Crippen LogP contribution is -2.28. The molecule has 1 amide bonds. The Labute approximate surface area is 103 Å². The van der Waals surface area contributed by atoms with Crippen molar-refractivity contribution in [1.82, 2.24) is 10.3 Å². The highest BCUT2D eigenvalue weighted by molar-refractivity contribution is 7.84. The Morgan fingerprint density at radius 1 is 1.47 bits per heavy atom.